The van der Waals surface area contributed by atoms with Crippen LogP contribution < -0.4 is 10.2 Å². The van der Waals surface area contributed by atoms with Crippen LogP contribution in [0.5, 0.6) is 5.75 Å². The SMILES string of the molecule is COc1ccc(-c2nc3ccc(C4=NNC(O)C[C@H]4C)cc3[nH]2)cc1. The number of ether oxygens (including phenoxy) is 1. The molecular weight excluding hydrogens is 316 g/mol. The topological polar surface area (TPSA) is 82.5 Å². The molecule has 6 heteroatoms. The number of hydrogen-bond acceptors (Lipinski definition) is 5. The molecule has 0 fully saturated rings. The molecule has 1 aromatic heterocycles. The number of nitrogens with one attached hydrogen (secondary N) is 2. The van der Waals surface area contributed by atoms with E-state index in [1.165, 1.54) is 0 Å². The number of aliphatic hydroxyl groups excluding tert-OH is 1. The maximum absolute atomic E-state index is 9.64. The normalized spacial score (nSPS) is 20.2. The van der Waals surface area contributed by atoms with Crippen molar-refractivity contribution in [3.05, 3.63) is 48.0 Å². The second kappa shape index (κ2) is 6.22. The first kappa shape index (κ1) is 15.7. The Hall–Kier alpha value is -2.86. The quantitative estimate of drug-likeness (QED) is 0.687. The number of aliphatic hydroxyl groups is 1. The summed E-state index contributed by atoms with van der Waals surface area (Å²) in [7, 11) is 1.65. The van der Waals surface area contributed by atoms with Gasteiger partial charge in [0.2, 0.25) is 0 Å². The molecule has 6 nitrogen and oxygen atoms in total. The van der Waals surface area contributed by atoms with E-state index in [4.69, 9.17) is 4.74 Å². The van der Waals surface area contributed by atoms with E-state index in [-0.39, 0.29) is 5.92 Å². The van der Waals surface area contributed by atoms with E-state index < -0.39 is 6.23 Å². The summed E-state index contributed by atoms with van der Waals surface area (Å²) in [6.07, 6.45) is 0.0769. The summed E-state index contributed by atoms with van der Waals surface area (Å²) in [6.45, 7) is 2.07. The number of methoxy groups -OCH3 is 1. The largest absolute Gasteiger partial charge is 0.497 e. The zero-order chi connectivity index (χ0) is 17.4. The Morgan fingerprint density at radius 2 is 1.88 bits per heavy atom. The lowest BCUT2D eigenvalue weighted by atomic mass is 9.93. The van der Waals surface area contributed by atoms with Crippen LogP contribution in [0, 0.1) is 5.92 Å². The lowest BCUT2D eigenvalue weighted by molar-refractivity contribution is 0.114. The van der Waals surface area contributed by atoms with Gasteiger partial charge in [-0.05, 0) is 36.4 Å². The van der Waals surface area contributed by atoms with Gasteiger partial charge in [-0.3, -0.25) is 5.43 Å². The van der Waals surface area contributed by atoms with Gasteiger partial charge in [0.1, 0.15) is 17.8 Å². The second-order valence-electron chi connectivity index (χ2n) is 6.32. The van der Waals surface area contributed by atoms with Crippen LogP contribution in [-0.2, 0) is 0 Å². The van der Waals surface area contributed by atoms with Crippen molar-refractivity contribution in [1.82, 2.24) is 15.4 Å². The van der Waals surface area contributed by atoms with Crippen LogP contribution in [0.25, 0.3) is 22.4 Å². The number of H-pyrrole nitrogens is 1. The van der Waals surface area contributed by atoms with E-state index in [0.29, 0.717) is 6.42 Å². The van der Waals surface area contributed by atoms with Crippen molar-refractivity contribution in [2.45, 2.75) is 19.6 Å². The van der Waals surface area contributed by atoms with E-state index in [2.05, 4.69) is 33.5 Å². The third-order valence-corrected chi connectivity index (χ3v) is 4.52. The Balaban J connectivity index is 1.69. The molecule has 0 radical (unpaired) electrons. The zero-order valence-electron chi connectivity index (χ0n) is 14.2. The van der Waals surface area contributed by atoms with Crippen LogP contribution in [0.15, 0.2) is 47.6 Å². The molecule has 0 saturated carbocycles. The highest BCUT2D eigenvalue weighted by molar-refractivity contribution is 6.04. The fourth-order valence-corrected chi connectivity index (χ4v) is 3.16. The summed E-state index contributed by atoms with van der Waals surface area (Å²) in [5.41, 5.74) is 7.62. The number of rotatable bonds is 3. The molecule has 0 spiro atoms. The van der Waals surface area contributed by atoms with Gasteiger partial charge in [0.05, 0.1) is 23.9 Å². The summed E-state index contributed by atoms with van der Waals surface area (Å²) >= 11 is 0. The van der Waals surface area contributed by atoms with Crippen molar-refractivity contribution >= 4 is 16.7 Å². The second-order valence-corrected chi connectivity index (χ2v) is 6.32. The predicted molar refractivity (Wildman–Crippen MR) is 97.5 cm³/mol. The van der Waals surface area contributed by atoms with E-state index in [0.717, 1.165) is 39.4 Å². The first-order valence-electron chi connectivity index (χ1n) is 8.30. The van der Waals surface area contributed by atoms with Crippen molar-refractivity contribution < 1.29 is 9.84 Å². The predicted octanol–water partition coefficient (Wildman–Crippen LogP) is 2.89. The van der Waals surface area contributed by atoms with Crippen molar-refractivity contribution in [2.24, 2.45) is 11.0 Å². The van der Waals surface area contributed by atoms with Gasteiger partial charge in [0, 0.05) is 23.5 Å². The highest BCUT2D eigenvalue weighted by Gasteiger charge is 2.22. The van der Waals surface area contributed by atoms with Crippen LogP contribution in [-0.4, -0.2) is 34.1 Å². The molecule has 3 aromatic rings. The molecule has 2 heterocycles. The van der Waals surface area contributed by atoms with Gasteiger partial charge in [0.25, 0.3) is 0 Å². The van der Waals surface area contributed by atoms with Crippen molar-refractivity contribution in [3.63, 3.8) is 0 Å². The summed E-state index contributed by atoms with van der Waals surface area (Å²) in [5.74, 6) is 1.83. The fourth-order valence-electron chi connectivity index (χ4n) is 3.16. The Morgan fingerprint density at radius 3 is 2.60 bits per heavy atom. The molecule has 1 aliphatic rings. The zero-order valence-corrected chi connectivity index (χ0v) is 14.2. The van der Waals surface area contributed by atoms with Gasteiger partial charge in [-0.2, -0.15) is 5.10 Å². The lowest BCUT2D eigenvalue weighted by Crippen LogP contribution is -2.35. The van der Waals surface area contributed by atoms with Crippen molar-refractivity contribution in [3.8, 4) is 17.1 Å². The molecule has 0 bridgehead atoms. The van der Waals surface area contributed by atoms with Crippen LogP contribution in [0.2, 0.25) is 0 Å². The molecule has 1 unspecified atom stereocenters. The molecule has 1 aliphatic heterocycles. The molecule has 0 saturated heterocycles. The molecule has 0 aliphatic carbocycles. The van der Waals surface area contributed by atoms with Crippen LogP contribution in [0.1, 0.15) is 18.9 Å². The Labute approximate surface area is 145 Å². The number of hydrogen-bond donors (Lipinski definition) is 3. The van der Waals surface area contributed by atoms with Gasteiger partial charge >= 0.3 is 0 Å². The maximum Gasteiger partial charge on any atom is 0.140 e. The van der Waals surface area contributed by atoms with Gasteiger partial charge < -0.3 is 14.8 Å². The van der Waals surface area contributed by atoms with E-state index in [9.17, 15) is 5.11 Å². The van der Waals surface area contributed by atoms with Gasteiger partial charge in [-0.1, -0.05) is 13.0 Å². The minimum Gasteiger partial charge on any atom is -0.497 e. The molecule has 25 heavy (non-hydrogen) atoms. The Bertz CT molecular complexity index is 930. The molecule has 3 N–H and O–H groups in total. The number of hydrazone groups is 1. The van der Waals surface area contributed by atoms with E-state index in [1.54, 1.807) is 7.11 Å². The molecule has 2 atom stereocenters. The summed E-state index contributed by atoms with van der Waals surface area (Å²) in [6, 6.07) is 13.9. The highest BCUT2D eigenvalue weighted by atomic mass is 16.5. The Morgan fingerprint density at radius 1 is 1.12 bits per heavy atom. The molecular formula is C19H20N4O2. The number of aromatic nitrogens is 2. The summed E-state index contributed by atoms with van der Waals surface area (Å²) in [4.78, 5) is 8.04. The number of nitrogens with zero attached hydrogens (tertiary/aromatic N) is 2. The third-order valence-electron chi connectivity index (χ3n) is 4.52. The Kier molecular flexibility index (Phi) is 3.89. The van der Waals surface area contributed by atoms with Gasteiger partial charge in [0.15, 0.2) is 0 Å². The first-order chi connectivity index (χ1) is 12.1. The van der Waals surface area contributed by atoms with Crippen molar-refractivity contribution in [2.75, 3.05) is 7.11 Å². The van der Waals surface area contributed by atoms with Gasteiger partial charge in [-0.25, -0.2) is 4.98 Å². The maximum atomic E-state index is 9.64. The molecule has 128 valence electrons. The highest BCUT2D eigenvalue weighted by Crippen LogP contribution is 2.25. The van der Waals surface area contributed by atoms with Gasteiger partial charge in [-0.15, -0.1) is 0 Å². The summed E-state index contributed by atoms with van der Waals surface area (Å²) < 4.78 is 5.20. The van der Waals surface area contributed by atoms with Crippen molar-refractivity contribution in [1.29, 1.82) is 0 Å². The molecule has 2 aromatic carbocycles. The molecule has 0 amide bonds. The number of benzene rings is 2. The van der Waals surface area contributed by atoms with Crippen LogP contribution in [0.4, 0.5) is 0 Å². The number of fused-ring (bicyclic) bond motifs is 1. The number of imidazole rings is 1. The van der Waals surface area contributed by atoms with Crippen LogP contribution >= 0.6 is 0 Å². The number of aromatic amines is 1. The smallest absolute Gasteiger partial charge is 0.140 e. The van der Waals surface area contributed by atoms with E-state index in [1.807, 2.05) is 36.4 Å². The monoisotopic (exact) mass is 336 g/mol. The van der Waals surface area contributed by atoms with E-state index >= 15 is 0 Å². The fraction of sp³-hybridized carbons (Fsp3) is 0.263. The average Bonchev–Trinajstić information content (AvgIpc) is 3.05. The lowest BCUT2D eigenvalue weighted by Gasteiger charge is -2.24. The van der Waals surface area contributed by atoms with Crippen LogP contribution in [0.3, 0.4) is 0 Å². The minimum absolute atomic E-state index is 0.192. The minimum atomic E-state index is -0.573. The average molecular weight is 336 g/mol. The molecule has 4 rings (SSSR count). The summed E-state index contributed by atoms with van der Waals surface area (Å²) in [5, 5.41) is 14.0. The first-order valence-corrected chi connectivity index (χ1v) is 8.30. The third kappa shape index (κ3) is 2.96. The standard InChI is InChI=1S/C19H20N4O2/c1-11-9-17(24)22-23-18(11)13-5-8-15-16(10-13)21-19(20-15)12-3-6-14(25-2)7-4-12/h3-8,10-11,17,22,24H,9H2,1-2H3,(H,20,21)/t11-,17?/m1/s1.